The van der Waals surface area contributed by atoms with Gasteiger partial charge < -0.3 is 10.5 Å². The average Bonchev–Trinajstić information content (AvgIpc) is 3.05. The molecule has 0 spiro atoms. The lowest BCUT2D eigenvalue weighted by Crippen LogP contribution is -2.41. The number of pyridine rings is 1. The molecule has 2 aromatic carbocycles. The van der Waals surface area contributed by atoms with Crippen molar-refractivity contribution in [2.24, 2.45) is 10.7 Å². The molecule has 34 heavy (non-hydrogen) atoms. The number of carbonyl (C=O) groups excluding carboxylic acids is 1. The summed E-state index contributed by atoms with van der Waals surface area (Å²) in [5.74, 6) is -1.71. The Kier molecular flexibility index (Phi) is 6.90. The average molecular weight is 474 g/mol. The molecule has 0 aliphatic carbocycles. The van der Waals surface area contributed by atoms with Crippen LogP contribution in [0.5, 0.6) is 5.75 Å². The molecule has 1 aromatic heterocycles. The Balaban J connectivity index is 0.00000158. The van der Waals surface area contributed by atoms with Crippen LogP contribution < -0.4 is 10.5 Å². The summed E-state index contributed by atoms with van der Waals surface area (Å²) in [6.45, 7) is 4.00. The number of rotatable bonds is 4. The molecule has 2 N–H and O–H groups in total. The number of guanidine groups is 1. The van der Waals surface area contributed by atoms with Crippen LogP contribution in [0, 0.1) is 5.95 Å². The highest BCUT2D eigenvalue weighted by molar-refractivity contribution is 6.09. The van der Waals surface area contributed by atoms with Crippen molar-refractivity contribution in [3.8, 4) is 16.9 Å². The monoisotopic (exact) mass is 474 g/mol. The third-order valence-corrected chi connectivity index (χ3v) is 5.10. The topological polar surface area (TPSA) is 80.8 Å². The van der Waals surface area contributed by atoms with Crippen molar-refractivity contribution in [2.45, 2.75) is 25.7 Å². The van der Waals surface area contributed by atoms with Gasteiger partial charge in [-0.1, -0.05) is 44.2 Å². The maximum Gasteiger partial charge on any atom is 0.573 e. The largest absolute Gasteiger partial charge is 0.573 e. The van der Waals surface area contributed by atoms with E-state index in [-0.39, 0.29) is 17.1 Å². The minimum Gasteiger partial charge on any atom is -0.406 e. The Morgan fingerprint density at radius 1 is 1.00 bits per heavy atom. The van der Waals surface area contributed by atoms with Gasteiger partial charge in [0.05, 0.1) is 0 Å². The first-order valence-electron chi connectivity index (χ1n) is 10.3. The van der Waals surface area contributed by atoms with Gasteiger partial charge in [0.2, 0.25) is 5.95 Å². The molecule has 10 heteroatoms. The van der Waals surface area contributed by atoms with Crippen LogP contribution in [0.3, 0.4) is 0 Å². The van der Waals surface area contributed by atoms with Crippen LogP contribution in [-0.4, -0.2) is 35.2 Å². The highest BCUT2D eigenvalue weighted by atomic mass is 19.4. The predicted molar refractivity (Wildman–Crippen MR) is 119 cm³/mol. The molecule has 6 nitrogen and oxygen atoms in total. The van der Waals surface area contributed by atoms with E-state index in [0.29, 0.717) is 11.1 Å². The summed E-state index contributed by atoms with van der Waals surface area (Å²) in [4.78, 5) is 22.5. The summed E-state index contributed by atoms with van der Waals surface area (Å²) in [7, 11) is 1.44. The van der Waals surface area contributed by atoms with E-state index < -0.39 is 29.5 Å². The van der Waals surface area contributed by atoms with E-state index in [1.54, 1.807) is 30.3 Å². The van der Waals surface area contributed by atoms with Crippen LogP contribution in [0.1, 0.15) is 25.0 Å². The van der Waals surface area contributed by atoms with Crippen molar-refractivity contribution in [1.82, 2.24) is 9.88 Å². The van der Waals surface area contributed by atoms with Crippen molar-refractivity contribution in [1.29, 1.82) is 0 Å². The summed E-state index contributed by atoms with van der Waals surface area (Å²) in [6.07, 6.45) is -3.54. The number of hydrogen-bond acceptors (Lipinski definition) is 5. The minimum absolute atomic E-state index is 0.0661. The van der Waals surface area contributed by atoms with Crippen molar-refractivity contribution >= 4 is 11.9 Å². The van der Waals surface area contributed by atoms with Crippen molar-refractivity contribution in [3.05, 3.63) is 83.9 Å². The van der Waals surface area contributed by atoms with E-state index in [4.69, 9.17) is 5.73 Å². The van der Waals surface area contributed by atoms with Gasteiger partial charge in [-0.25, -0.2) is 9.98 Å². The number of carbonyl (C=O) groups is 1. The van der Waals surface area contributed by atoms with Crippen LogP contribution in [-0.2, 0) is 10.3 Å². The lowest BCUT2D eigenvalue weighted by Gasteiger charge is -2.26. The molecule has 178 valence electrons. The Labute approximate surface area is 193 Å². The molecule has 1 unspecified atom stereocenters. The fraction of sp³-hybridized carbons (Fsp3) is 0.208. The van der Waals surface area contributed by atoms with E-state index >= 15 is 0 Å². The molecule has 1 aliphatic heterocycles. The van der Waals surface area contributed by atoms with Gasteiger partial charge in [0.15, 0.2) is 11.5 Å². The first-order valence-corrected chi connectivity index (χ1v) is 10.3. The van der Waals surface area contributed by atoms with Gasteiger partial charge in [0, 0.05) is 18.8 Å². The molecule has 0 radical (unpaired) electrons. The highest BCUT2D eigenvalue weighted by Gasteiger charge is 2.49. The normalized spacial score (nSPS) is 17.7. The number of likely N-dealkylation sites (N-methyl/N-ethyl adjacent to an activating group) is 1. The quantitative estimate of drug-likeness (QED) is 0.433. The molecule has 0 saturated carbocycles. The molecule has 0 bridgehead atoms. The Hall–Kier alpha value is -3.95. The maximum atomic E-state index is 14.2. The summed E-state index contributed by atoms with van der Waals surface area (Å²) in [6, 6.07) is 14.4. The predicted octanol–water partition coefficient (Wildman–Crippen LogP) is 4.84. The molecular weight excluding hydrogens is 452 g/mol. The Morgan fingerprint density at radius 3 is 2.24 bits per heavy atom. The van der Waals surface area contributed by atoms with Gasteiger partial charge in [-0.05, 0) is 47.0 Å². The number of hydrogen-bond donors (Lipinski definition) is 1. The molecule has 4 rings (SSSR count). The zero-order valence-corrected chi connectivity index (χ0v) is 18.6. The van der Waals surface area contributed by atoms with Crippen molar-refractivity contribution in [3.63, 3.8) is 0 Å². The first kappa shape index (κ1) is 24.7. The second-order valence-electron chi connectivity index (χ2n) is 7.04. The van der Waals surface area contributed by atoms with E-state index in [9.17, 15) is 22.4 Å². The standard InChI is InChI=1S/C22H16F4N4O2.C2H6/c1-30-19(31)21(29-20(30)27,14-7-9-16(10-8-14)32-22(24,25)26)15-5-2-4-13(12-15)17-6-3-11-28-18(17)23;1-2/h2-12H,1H3,(H2,27,29);1-2H3. The molecule has 2 heterocycles. The van der Waals surface area contributed by atoms with Gasteiger partial charge >= 0.3 is 6.36 Å². The molecule has 3 aromatic rings. The number of nitrogens with two attached hydrogens (primary N) is 1. The second-order valence-corrected chi connectivity index (χ2v) is 7.04. The van der Waals surface area contributed by atoms with E-state index in [2.05, 4.69) is 14.7 Å². The molecule has 1 amide bonds. The number of amides is 1. The second kappa shape index (κ2) is 9.50. The number of halogens is 4. The zero-order chi connectivity index (χ0) is 25.1. The smallest absolute Gasteiger partial charge is 0.406 e. The molecule has 0 saturated heterocycles. The van der Waals surface area contributed by atoms with Crippen LogP contribution in [0.25, 0.3) is 11.1 Å². The SMILES string of the molecule is CC.CN1C(=O)C(c2ccc(OC(F)(F)F)cc2)(c2cccc(-c3cccnc3F)c2)N=C1N. The summed E-state index contributed by atoms with van der Waals surface area (Å²) in [5.41, 5.74) is 5.55. The fourth-order valence-electron chi connectivity index (χ4n) is 3.60. The number of benzene rings is 2. The Bertz CT molecular complexity index is 1210. The third kappa shape index (κ3) is 4.57. The summed E-state index contributed by atoms with van der Waals surface area (Å²) >= 11 is 0. The summed E-state index contributed by atoms with van der Waals surface area (Å²) < 4.78 is 55.7. The third-order valence-electron chi connectivity index (χ3n) is 5.10. The lowest BCUT2D eigenvalue weighted by atomic mass is 9.81. The fourth-order valence-corrected chi connectivity index (χ4v) is 3.60. The Morgan fingerprint density at radius 2 is 1.68 bits per heavy atom. The zero-order valence-electron chi connectivity index (χ0n) is 18.6. The molecular formula is C24H22F4N4O2. The van der Waals surface area contributed by atoms with E-state index in [0.717, 1.165) is 17.0 Å². The number of aromatic nitrogens is 1. The van der Waals surface area contributed by atoms with Gasteiger partial charge in [0.25, 0.3) is 5.91 Å². The van der Waals surface area contributed by atoms with Crippen LogP contribution in [0.15, 0.2) is 71.9 Å². The van der Waals surface area contributed by atoms with E-state index in [1.807, 2.05) is 13.8 Å². The van der Waals surface area contributed by atoms with E-state index in [1.165, 1.54) is 31.4 Å². The lowest BCUT2D eigenvalue weighted by molar-refractivity contribution is -0.274. The number of alkyl halides is 3. The molecule has 1 atom stereocenters. The number of ether oxygens (including phenoxy) is 1. The first-order chi connectivity index (χ1) is 16.1. The van der Waals surface area contributed by atoms with Gasteiger partial charge in [0.1, 0.15) is 5.75 Å². The molecule has 0 fully saturated rings. The highest BCUT2D eigenvalue weighted by Crippen LogP contribution is 2.41. The number of nitrogens with zero attached hydrogens (tertiary/aromatic N) is 3. The summed E-state index contributed by atoms with van der Waals surface area (Å²) in [5, 5.41) is 0. The van der Waals surface area contributed by atoms with Crippen molar-refractivity contribution < 1.29 is 27.1 Å². The van der Waals surface area contributed by atoms with Crippen LogP contribution in [0.4, 0.5) is 17.6 Å². The maximum absolute atomic E-state index is 14.2. The molecule has 1 aliphatic rings. The minimum atomic E-state index is -4.85. The number of aliphatic imine (C=N–C) groups is 1. The van der Waals surface area contributed by atoms with Crippen molar-refractivity contribution in [2.75, 3.05) is 7.05 Å². The van der Waals surface area contributed by atoms with Gasteiger partial charge in [-0.3, -0.25) is 9.69 Å². The van der Waals surface area contributed by atoms with Crippen LogP contribution in [0.2, 0.25) is 0 Å². The van der Waals surface area contributed by atoms with Crippen LogP contribution >= 0.6 is 0 Å². The van der Waals surface area contributed by atoms with Gasteiger partial charge in [-0.2, -0.15) is 4.39 Å². The van der Waals surface area contributed by atoms with Gasteiger partial charge in [-0.15, -0.1) is 13.2 Å².